The van der Waals surface area contributed by atoms with Crippen LogP contribution in [0.15, 0.2) is 54.1 Å². The Bertz CT molecular complexity index is 1180. The second kappa shape index (κ2) is 16.1. The van der Waals surface area contributed by atoms with E-state index in [2.05, 4.69) is 27.8 Å². The third-order valence-electron chi connectivity index (χ3n) is 8.82. The number of allylic oxidation sites excluding steroid dienone is 1. The smallest absolute Gasteiger partial charge is 0.250 e. The van der Waals surface area contributed by atoms with Gasteiger partial charge in [-0.2, -0.15) is 0 Å². The number of hydrogen-bond donors (Lipinski definition) is 2. The van der Waals surface area contributed by atoms with Crippen LogP contribution in [0, 0.1) is 0 Å². The number of unbranched alkanes of at least 4 members (excludes halogenated alkanes) is 2. The maximum absolute atomic E-state index is 13.5. The van der Waals surface area contributed by atoms with E-state index in [-0.39, 0.29) is 30.8 Å². The number of ether oxygens (including phenoxy) is 2. The van der Waals surface area contributed by atoms with E-state index in [4.69, 9.17) is 14.3 Å². The lowest BCUT2D eigenvalue weighted by Crippen LogP contribution is -2.47. The Labute approximate surface area is 250 Å². The van der Waals surface area contributed by atoms with E-state index in [0.717, 1.165) is 74.2 Å². The van der Waals surface area contributed by atoms with Crippen molar-refractivity contribution in [1.29, 1.82) is 0 Å². The fourth-order valence-electron chi connectivity index (χ4n) is 6.34. The van der Waals surface area contributed by atoms with E-state index in [9.17, 15) is 9.59 Å². The van der Waals surface area contributed by atoms with Crippen molar-refractivity contribution in [1.82, 2.24) is 15.7 Å². The van der Waals surface area contributed by atoms with Crippen molar-refractivity contribution < 1.29 is 23.9 Å². The summed E-state index contributed by atoms with van der Waals surface area (Å²) in [6.45, 7) is 2.99. The zero-order valence-electron chi connectivity index (χ0n) is 24.9. The van der Waals surface area contributed by atoms with Gasteiger partial charge in [0.25, 0.3) is 5.91 Å². The van der Waals surface area contributed by atoms with E-state index in [1.807, 2.05) is 36.4 Å². The van der Waals surface area contributed by atoms with Gasteiger partial charge in [0.1, 0.15) is 12.4 Å². The molecule has 2 aliphatic heterocycles. The maximum atomic E-state index is 13.5. The fraction of sp³-hybridized carbons (Fsp3) is 0.588. The molecule has 0 spiro atoms. The maximum Gasteiger partial charge on any atom is 0.250 e. The van der Waals surface area contributed by atoms with Gasteiger partial charge in [-0.1, -0.05) is 55.3 Å². The number of carbonyl (C=O) groups excluding carboxylic acids is 2. The molecular weight excluding hydrogens is 530 g/mol. The predicted octanol–water partition coefficient (Wildman–Crippen LogP) is 5.80. The minimum atomic E-state index is -0.344. The molecule has 3 aliphatic rings. The molecule has 3 fully saturated rings. The molecule has 228 valence electrons. The molecule has 1 aliphatic carbocycles. The number of fused-ring (bicyclic) bond motifs is 1. The molecular formula is C34H47N3O5. The molecule has 2 amide bonds. The lowest BCUT2D eigenvalue weighted by Gasteiger charge is -2.36. The molecule has 1 unspecified atom stereocenters. The summed E-state index contributed by atoms with van der Waals surface area (Å²) in [4.78, 5) is 33.7. The van der Waals surface area contributed by atoms with Gasteiger partial charge in [-0.3, -0.25) is 9.59 Å². The minimum Gasteiger partial charge on any atom is -0.488 e. The number of hydrogen-bond acceptors (Lipinski definition) is 6. The average Bonchev–Trinajstić information content (AvgIpc) is 3.57. The molecule has 2 N–H and O–H groups in total. The summed E-state index contributed by atoms with van der Waals surface area (Å²) in [5.41, 5.74) is 3.16. The second-order valence-corrected chi connectivity index (χ2v) is 11.9. The second-order valence-electron chi connectivity index (χ2n) is 11.9. The molecule has 2 aromatic rings. The number of nitrogens with zero attached hydrogens (tertiary/aromatic N) is 1. The van der Waals surface area contributed by atoms with E-state index < -0.39 is 0 Å². The van der Waals surface area contributed by atoms with Crippen molar-refractivity contribution >= 4 is 22.6 Å². The fourth-order valence-corrected chi connectivity index (χ4v) is 6.34. The molecule has 42 heavy (non-hydrogen) atoms. The molecule has 1 saturated carbocycles. The Morgan fingerprint density at radius 3 is 2.52 bits per heavy atom. The Hall–Kier alpha value is -2.94. The summed E-state index contributed by atoms with van der Waals surface area (Å²) in [5, 5.41) is 5.45. The van der Waals surface area contributed by atoms with Crippen LogP contribution in [0.1, 0.15) is 83.5 Å². The summed E-state index contributed by atoms with van der Waals surface area (Å²) in [6, 6.07) is 15.0. The Kier molecular flexibility index (Phi) is 11.7. The molecule has 0 radical (unpaired) electrons. The van der Waals surface area contributed by atoms with Gasteiger partial charge in [-0.25, -0.2) is 10.3 Å². The number of amides is 2. The number of nitrogens with one attached hydrogen (secondary N) is 2. The van der Waals surface area contributed by atoms with Crippen LogP contribution in [-0.2, 0) is 19.2 Å². The van der Waals surface area contributed by atoms with Gasteiger partial charge in [-0.15, -0.1) is 0 Å². The molecule has 0 aromatic heterocycles. The van der Waals surface area contributed by atoms with Gasteiger partial charge in [0.2, 0.25) is 5.91 Å². The molecule has 8 heteroatoms. The summed E-state index contributed by atoms with van der Waals surface area (Å²) in [7, 11) is 0. The first-order chi connectivity index (χ1) is 20.7. The first kappa shape index (κ1) is 30.5. The number of piperidine rings is 1. The van der Waals surface area contributed by atoms with Crippen molar-refractivity contribution in [2.75, 3.05) is 26.3 Å². The van der Waals surface area contributed by atoms with E-state index in [0.29, 0.717) is 31.4 Å². The zero-order chi connectivity index (χ0) is 29.0. The normalized spacial score (nSPS) is 21.0. The van der Waals surface area contributed by atoms with Gasteiger partial charge in [-0.05, 0) is 69.2 Å². The van der Waals surface area contributed by atoms with E-state index in [1.165, 1.54) is 25.7 Å². The number of benzene rings is 2. The highest BCUT2D eigenvalue weighted by atomic mass is 16.8. The van der Waals surface area contributed by atoms with Crippen LogP contribution in [0.4, 0.5) is 0 Å². The highest BCUT2D eigenvalue weighted by Gasteiger charge is 2.28. The van der Waals surface area contributed by atoms with Crippen LogP contribution in [0.5, 0.6) is 5.75 Å². The molecule has 0 bridgehead atoms. The van der Waals surface area contributed by atoms with Gasteiger partial charge < -0.3 is 19.7 Å². The van der Waals surface area contributed by atoms with Crippen LogP contribution in [0.25, 0.3) is 10.8 Å². The van der Waals surface area contributed by atoms with Crippen molar-refractivity contribution in [3.63, 3.8) is 0 Å². The molecule has 8 nitrogen and oxygen atoms in total. The van der Waals surface area contributed by atoms with E-state index >= 15 is 0 Å². The van der Waals surface area contributed by atoms with Gasteiger partial charge >= 0.3 is 0 Å². The Morgan fingerprint density at radius 2 is 1.71 bits per heavy atom. The summed E-state index contributed by atoms with van der Waals surface area (Å²) in [6.07, 6.45) is 14.4. The van der Waals surface area contributed by atoms with Crippen LogP contribution in [0.3, 0.4) is 0 Å². The lowest BCUT2D eigenvalue weighted by atomic mass is 10.0. The molecule has 2 saturated heterocycles. The number of rotatable bonds is 13. The van der Waals surface area contributed by atoms with Gasteiger partial charge in [0, 0.05) is 50.0 Å². The van der Waals surface area contributed by atoms with Crippen LogP contribution >= 0.6 is 0 Å². The van der Waals surface area contributed by atoms with Crippen LogP contribution in [0.2, 0.25) is 0 Å². The monoisotopic (exact) mass is 577 g/mol. The van der Waals surface area contributed by atoms with E-state index in [1.54, 1.807) is 0 Å². The van der Waals surface area contributed by atoms with Crippen LogP contribution < -0.4 is 15.5 Å². The van der Waals surface area contributed by atoms with Crippen molar-refractivity contribution in [3.05, 3.63) is 54.1 Å². The first-order valence-corrected chi connectivity index (χ1v) is 16.1. The number of carbonyl (C=O) groups is 2. The highest BCUT2D eigenvalue weighted by molar-refractivity contribution is 5.94. The number of hydroxylamine groups is 1. The Morgan fingerprint density at radius 1 is 0.929 bits per heavy atom. The largest absolute Gasteiger partial charge is 0.488 e. The summed E-state index contributed by atoms with van der Waals surface area (Å²) in [5.74, 6) is 0.581. The predicted molar refractivity (Wildman–Crippen MR) is 164 cm³/mol. The Balaban J connectivity index is 1.12. The average molecular weight is 578 g/mol. The SMILES string of the molecule is O=C(CCCC/C=C(\COc1cccc2ccccc12)C(=O)NC1CCN(C2CCCC2)CC1)NOC1CCCCO1. The van der Waals surface area contributed by atoms with Gasteiger partial charge in [0.15, 0.2) is 6.29 Å². The third kappa shape index (κ3) is 9.03. The lowest BCUT2D eigenvalue weighted by molar-refractivity contribution is -0.200. The summed E-state index contributed by atoms with van der Waals surface area (Å²) < 4.78 is 11.7. The van der Waals surface area contributed by atoms with Crippen molar-refractivity contribution in [2.45, 2.75) is 102 Å². The standard InChI is InChI=1S/C34H47N3O5/c38-32(36-42-33-19-8-9-24-40-33)18-3-1-2-12-27(25-41-31-17-10-13-26-11-4-7-16-30(26)31)34(39)35-28-20-22-37(23-21-28)29-14-5-6-15-29/h4,7,10-13,16-17,28-29,33H,1-3,5-6,8-9,14-15,18-25H2,(H,35,39)(H,36,38)/b27-12+. The highest BCUT2D eigenvalue weighted by Crippen LogP contribution is 2.27. The summed E-state index contributed by atoms with van der Waals surface area (Å²) >= 11 is 0. The van der Waals surface area contributed by atoms with Crippen molar-refractivity contribution in [2.24, 2.45) is 0 Å². The van der Waals surface area contributed by atoms with Crippen LogP contribution in [-0.4, -0.2) is 61.4 Å². The zero-order valence-corrected chi connectivity index (χ0v) is 24.9. The molecule has 1 atom stereocenters. The molecule has 2 aromatic carbocycles. The first-order valence-electron chi connectivity index (χ1n) is 16.1. The third-order valence-corrected chi connectivity index (χ3v) is 8.82. The minimum absolute atomic E-state index is 0.0480. The molecule has 5 rings (SSSR count). The quantitative estimate of drug-likeness (QED) is 0.178. The molecule has 2 heterocycles. The van der Waals surface area contributed by atoms with Crippen molar-refractivity contribution in [3.8, 4) is 5.75 Å². The van der Waals surface area contributed by atoms with Gasteiger partial charge in [0.05, 0.1) is 5.57 Å². The topological polar surface area (TPSA) is 89.1 Å². The number of likely N-dealkylation sites (tertiary alicyclic amines) is 1.